The average Bonchev–Trinajstić information content (AvgIpc) is 2.61. The molecule has 0 spiro atoms. The predicted molar refractivity (Wildman–Crippen MR) is 95.4 cm³/mol. The third-order valence-electron chi connectivity index (χ3n) is 3.76. The van der Waals surface area contributed by atoms with Crippen LogP contribution in [-0.4, -0.2) is 24.7 Å². The molecular weight excluding hydrogens is 284 g/mol. The van der Waals surface area contributed by atoms with Crippen LogP contribution < -0.4 is 5.32 Å². The summed E-state index contributed by atoms with van der Waals surface area (Å²) in [4.78, 5) is 4.31. The summed E-state index contributed by atoms with van der Waals surface area (Å²) < 4.78 is 5.68. The number of benzene rings is 1. The quantitative estimate of drug-likeness (QED) is 0.602. The maximum atomic E-state index is 5.68. The monoisotopic (exact) mass is 312 g/mol. The van der Waals surface area contributed by atoms with Crippen LogP contribution in [0.4, 0.5) is 0 Å². The van der Waals surface area contributed by atoms with E-state index < -0.39 is 0 Å². The molecule has 0 aliphatic rings. The number of aryl methyl sites for hydroxylation is 1. The van der Waals surface area contributed by atoms with E-state index in [0.717, 1.165) is 51.3 Å². The number of aromatic nitrogens is 1. The van der Waals surface area contributed by atoms with E-state index in [-0.39, 0.29) is 0 Å². The number of ether oxygens (including phenoxy) is 1. The molecule has 2 rings (SSSR count). The van der Waals surface area contributed by atoms with Crippen molar-refractivity contribution in [1.82, 2.24) is 10.3 Å². The van der Waals surface area contributed by atoms with Gasteiger partial charge in [-0.15, -0.1) is 0 Å². The van der Waals surface area contributed by atoms with Gasteiger partial charge in [-0.1, -0.05) is 36.4 Å². The maximum Gasteiger partial charge on any atom is 0.0469 e. The standard InChI is InChI=1S/C20H28N2O/c1-3-10-19(11-4-1)18-21-14-6-2-8-16-23-17-9-13-20-12-5-7-15-22-20/h1,3-5,7,10-12,15,21H,2,6,8-9,13-14,16-18H2. The zero-order valence-electron chi connectivity index (χ0n) is 13.9. The molecule has 1 N–H and O–H groups in total. The molecule has 0 fully saturated rings. The van der Waals surface area contributed by atoms with Gasteiger partial charge in [-0.3, -0.25) is 4.98 Å². The molecule has 3 nitrogen and oxygen atoms in total. The van der Waals surface area contributed by atoms with E-state index in [9.17, 15) is 0 Å². The first kappa shape index (κ1) is 17.6. The van der Waals surface area contributed by atoms with Crippen molar-refractivity contribution < 1.29 is 4.74 Å². The third kappa shape index (κ3) is 8.48. The Bertz CT molecular complexity index is 454. The van der Waals surface area contributed by atoms with Gasteiger partial charge in [0.05, 0.1) is 0 Å². The Labute approximate surface area is 140 Å². The molecule has 1 aromatic carbocycles. The van der Waals surface area contributed by atoms with Crippen molar-refractivity contribution >= 4 is 0 Å². The minimum Gasteiger partial charge on any atom is -0.381 e. The van der Waals surface area contributed by atoms with Gasteiger partial charge in [0.15, 0.2) is 0 Å². The lowest BCUT2D eigenvalue weighted by Crippen LogP contribution is -2.14. The molecular formula is C20H28N2O. The number of nitrogens with one attached hydrogen (secondary N) is 1. The molecule has 23 heavy (non-hydrogen) atoms. The second-order valence-electron chi connectivity index (χ2n) is 5.76. The van der Waals surface area contributed by atoms with Crippen molar-refractivity contribution in [3.63, 3.8) is 0 Å². The fourth-order valence-corrected chi connectivity index (χ4v) is 2.46. The lowest BCUT2D eigenvalue weighted by molar-refractivity contribution is 0.127. The largest absolute Gasteiger partial charge is 0.381 e. The summed E-state index contributed by atoms with van der Waals surface area (Å²) in [6.45, 7) is 3.75. The lowest BCUT2D eigenvalue weighted by atomic mass is 10.2. The number of hydrogen-bond acceptors (Lipinski definition) is 3. The summed E-state index contributed by atoms with van der Waals surface area (Å²) in [6.07, 6.45) is 7.49. The Morgan fingerprint density at radius 2 is 1.65 bits per heavy atom. The van der Waals surface area contributed by atoms with Crippen LogP contribution in [0.5, 0.6) is 0 Å². The molecule has 2 aromatic rings. The summed E-state index contributed by atoms with van der Waals surface area (Å²) in [7, 11) is 0. The summed E-state index contributed by atoms with van der Waals surface area (Å²) in [5.74, 6) is 0. The van der Waals surface area contributed by atoms with Gasteiger partial charge in [0.1, 0.15) is 0 Å². The molecule has 1 aromatic heterocycles. The van der Waals surface area contributed by atoms with E-state index in [1.54, 1.807) is 0 Å². The third-order valence-corrected chi connectivity index (χ3v) is 3.76. The van der Waals surface area contributed by atoms with Crippen LogP contribution in [0.3, 0.4) is 0 Å². The molecule has 0 unspecified atom stereocenters. The van der Waals surface area contributed by atoms with E-state index in [4.69, 9.17) is 4.74 Å². The number of rotatable bonds is 12. The highest BCUT2D eigenvalue weighted by Gasteiger charge is 1.95. The molecule has 0 aliphatic carbocycles. The van der Waals surface area contributed by atoms with Gasteiger partial charge in [-0.25, -0.2) is 0 Å². The highest BCUT2D eigenvalue weighted by Crippen LogP contribution is 2.01. The van der Waals surface area contributed by atoms with Gasteiger partial charge < -0.3 is 10.1 Å². The number of hydrogen-bond donors (Lipinski definition) is 1. The molecule has 3 heteroatoms. The normalized spacial score (nSPS) is 10.8. The summed E-state index contributed by atoms with van der Waals surface area (Å²) in [5, 5.41) is 3.48. The van der Waals surface area contributed by atoms with Crippen LogP contribution in [0.15, 0.2) is 54.7 Å². The van der Waals surface area contributed by atoms with Crippen LogP contribution in [0, 0.1) is 0 Å². The van der Waals surface area contributed by atoms with E-state index in [0.29, 0.717) is 0 Å². The zero-order valence-corrected chi connectivity index (χ0v) is 13.9. The molecule has 0 radical (unpaired) electrons. The van der Waals surface area contributed by atoms with Crippen LogP contribution >= 0.6 is 0 Å². The number of nitrogens with zero attached hydrogens (tertiary/aromatic N) is 1. The van der Waals surface area contributed by atoms with Crippen molar-refractivity contribution in [2.75, 3.05) is 19.8 Å². The van der Waals surface area contributed by atoms with Gasteiger partial charge in [0.25, 0.3) is 0 Å². The van der Waals surface area contributed by atoms with E-state index in [1.165, 1.54) is 18.4 Å². The minimum atomic E-state index is 0.836. The van der Waals surface area contributed by atoms with Gasteiger partial charge in [-0.05, 0) is 56.3 Å². The van der Waals surface area contributed by atoms with Crippen molar-refractivity contribution in [2.24, 2.45) is 0 Å². The fourth-order valence-electron chi connectivity index (χ4n) is 2.46. The molecule has 0 atom stereocenters. The maximum absolute atomic E-state index is 5.68. The topological polar surface area (TPSA) is 34.1 Å². The Balaban J connectivity index is 1.34. The molecule has 0 aliphatic heterocycles. The molecule has 1 heterocycles. The smallest absolute Gasteiger partial charge is 0.0469 e. The summed E-state index contributed by atoms with van der Waals surface area (Å²) in [5.41, 5.74) is 2.50. The molecule has 0 bridgehead atoms. The second kappa shape index (κ2) is 11.8. The minimum absolute atomic E-state index is 0.836. The second-order valence-corrected chi connectivity index (χ2v) is 5.76. The van der Waals surface area contributed by atoms with Gasteiger partial charge in [0.2, 0.25) is 0 Å². The van der Waals surface area contributed by atoms with Crippen LogP contribution in [0.2, 0.25) is 0 Å². The molecule has 0 saturated heterocycles. The number of unbranched alkanes of at least 4 members (excludes halogenated alkanes) is 2. The predicted octanol–water partition coefficient (Wildman–Crippen LogP) is 3.99. The van der Waals surface area contributed by atoms with E-state index in [1.807, 2.05) is 18.3 Å². The highest BCUT2D eigenvalue weighted by atomic mass is 16.5. The van der Waals surface area contributed by atoms with Crippen molar-refractivity contribution in [3.05, 3.63) is 66.0 Å². The fraction of sp³-hybridized carbons (Fsp3) is 0.450. The van der Waals surface area contributed by atoms with Crippen LogP contribution in [-0.2, 0) is 17.7 Å². The van der Waals surface area contributed by atoms with Crippen molar-refractivity contribution in [3.8, 4) is 0 Å². The first-order valence-electron chi connectivity index (χ1n) is 8.67. The molecule has 0 saturated carbocycles. The van der Waals surface area contributed by atoms with Gasteiger partial charge in [-0.2, -0.15) is 0 Å². The summed E-state index contributed by atoms with van der Waals surface area (Å²) >= 11 is 0. The SMILES string of the molecule is c1ccc(CNCCCCCOCCCc2ccccn2)cc1. The number of pyridine rings is 1. The van der Waals surface area contributed by atoms with E-state index in [2.05, 4.69) is 46.7 Å². The Hall–Kier alpha value is -1.71. The van der Waals surface area contributed by atoms with Crippen molar-refractivity contribution in [2.45, 2.75) is 38.6 Å². The van der Waals surface area contributed by atoms with Crippen LogP contribution in [0.25, 0.3) is 0 Å². The molecule has 124 valence electrons. The first-order valence-corrected chi connectivity index (χ1v) is 8.67. The Morgan fingerprint density at radius 1 is 0.826 bits per heavy atom. The van der Waals surface area contributed by atoms with E-state index >= 15 is 0 Å². The first-order chi connectivity index (χ1) is 11.4. The zero-order chi connectivity index (χ0) is 16.0. The molecule has 0 amide bonds. The van der Waals surface area contributed by atoms with Crippen molar-refractivity contribution in [1.29, 1.82) is 0 Å². The Morgan fingerprint density at radius 3 is 2.48 bits per heavy atom. The van der Waals surface area contributed by atoms with Gasteiger partial charge in [0, 0.05) is 31.6 Å². The highest BCUT2D eigenvalue weighted by molar-refractivity contribution is 5.14. The van der Waals surface area contributed by atoms with Gasteiger partial charge >= 0.3 is 0 Å². The Kier molecular flexibility index (Phi) is 9.05. The summed E-state index contributed by atoms with van der Waals surface area (Å²) in [6, 6.07) is 16.6. The van der Waals surface area contributed by atoms with Crippen LogP contribution in [0.1, 0.15) is 36.9 Å². The average molecular weight is 312 g/mol. The lowest BCUT2D eigenvalue weighted by Gasteiger charge is -2.06.